The Hall–Kier alpha value is -2.44. The van der Waals surface area contributed by atoms with Crippen molar-refractivity contribution in [1.82, 2.24) is 9.88 Å². The molecule has 0 aliphatic carbocycles. The molecule has 1 atom stereocenters. The van der Waals surface area contributed by atoms with Crippen LogP contribution in [0.4, 0.5) is 0 Å². The summed E-state index contributed by atoms with van der Waals surface area (Å²) in [6.45, 7) is 5.67. The molecule has 1 fully saturated rings. The number of rotatable bonds is 4. The number of carboxylic acid groups (broad SMARTS) is 1. The van der Waals surface area contributed by atoms with E-state index in [1.807, 2.05) is 6.07 Å². The lowest BCUT2D eigenvalue weighted by atomic mass is 10.0. The van der Waals surface area contributed by atoms with Crippen LogP contribution >= 0.6 is 0 Å². The monoisotopic (exact) mass is 344 g/mol. The maximum atomic E-state index is 8.36. The molecular weight excluding hydrogens is 320 g/mol. The molecule has 1 N–H and O–H groups in total. The Morgan fingerprint density at radius 1 is 1.24 bits per heavy atom. The highest BCUT2D eigenvalue weighted by Crippen LogP contribution is 2.30. The van der Waals surface area contributed by atoms with Crippen molar-refractivity contribution in [2.75, 3.05) is 33.4 Å². The number of pyridine rings is 1. The predicted octanol–water partition coefficient (Wildman–Crippen LogP) is 2.85. The topological polar surface area (TPSA) is 71.9 Å². The highest BCUT2D eigenvalue weighted by Gasteiger charge is 2.18. The molecular formula is C19H24N2O4. The van der Waals surface area contributed by atoms with Gasteiger partial charge in [-0.3, -0.25) is 14.7 Å². The van der Waals surface area contributed by atoms with Crippen molar-refractivity contribution in [2.45, 2.75) is 13.0 Å². The third kappa shape index (κ3) is 5.01. The fourth-order valence-electron chi connectivity index (χ4n) is 2.90. The van der Waals surface area contributed by atoms with Gasteiger partial charge in [-0.05, 0) is 24.1 Å². The maximum Gasteiger partial charge on any atom is 0.290 e. The minimum Gasteiger partial charge on any atom is -0.494 e. The standard InChI is InChI=1S/C18H22N2O2.CH2O2/c1-14(20-9-11-22-12-10-20)15-3-5-16(6-4-15)17-7-8-19-13-18(17)21-2;2-1-3/h3-8,13-14H,9-12H2,1-2H3;1H,(H,2,3). The number of ether oxygens (including phenoxy) is 2. The van der Waals surface area contributed by atoms with Gasteiger partial charge in [-0.25, -0.2) is 0 Å². The van der Waals surface area contributed by atoms with E-state index in [1.165, 1.54) is 5.56 Å². The van der Waals surface area contributed by atoms with Crippen LogP contribution in [0.25, 0.3) is 11.1 Å². The maximum absolute atomic E-state index is 8.36. The van der Waals surface area contributed by atoms with Crippen molar-refractivity contribution in [3.8, 4) is 16.9 Å². The smallest absolute Gasteiger partial charge is 0.290 e. The lowest BCUT2D eigenvalue weighted by Gasteiger charge is -2.32. The van der Waals surface area contributed by atoms with Gasteiger partial charge in [0.05, 0.1) is 26.5 Å². The van der Waals surface area contributed by atoms with Gasteiger partial charge in [-0.1, -0.05) is 24.3 Å². The summed E-state index contributed by atoms with van der Waals surface area (Å²) in [4.78, 5) is 14.9. The Balaban J connectivity index is 0.000000701. The molecule has 0 bridgehead atoms. The fourth-order valence-corrected chi connectivity index (χ4v) is 2.90. The molecule has 0 spiro atoms. The first-order chi connectivity index (χ1) is 12.2. The Morgan fingerprint density at radius 3 is 2.48 bits per heavy atom. The zero-order chi connectivity index (χ0) is 18.1. The second-order valence-electron chi connectivity index (χ2n) is 5.63. The number of hydrogen-bond acceptors (Lipinski definition) is 5. The van der Waals surface area contributed by atoms with Crippen LogP contribution in [0.2, 0.25) is 0 Å². The van der Waals surface area contributed by atoms with Gasteiger partial charge in [-0.15, -0.1) is 0 Å². The van der Waals surface area contributed by atoms with Gasteiger partial charge in [0, 0.05) is 30.9 Å². The molecule has 1 aromatic heterocycles. The normalized spacial score (nSPS) is 15.6. The summed E-state index contributed by atoms with van der Waals surface area (Å²) in [5, 5.41) is 6.89. The molecule has 2 aromatic rings. The van der Waals surface area contributed by atoms with E-state index in [4.69, 9.17) is 19.4 Å². The van der Waals surface area contributed by atoms with Crippen LogP contribution in [0.3, 0.4) is 0 Å². The number of nitrogens with zero attached hydrogens (tertiary/aromatic N) is 2. The van der Waals surface area contributed by atoms with Gasteiger partial charge < -0.3 is 14.6 Å². The largest absolute Gasteiger partial charge is 0.494 e. The van der Waals surface area contributed by atoms with E-state index in [-0.39, 0.29) is 6.47 Å². The molecule has 25 heavy (non-hydrogen) atoms. The van der Waals surface area contributed by atoms with Crippen molar-refractivity contribution < 1.29 is 19.4 Å². The summed E-state index contributed by atoms with van der Waals surface area (Å²) in [5.41, 5.74) is 3.55. The quantitative estimate of drug-likeness (QED) is 0.860. The van der Waals surface area contributed by atoms with E-state index in [1.54, 1.807) is 19.5 Å². The summed E-state index contributed by atoms with van der Waals surface area (Å²) in [6.07, 6.45) is 3.54. The average Bonchev–Trinajstić information content (AvgIpc) is 2.69. The van der Waals surface area contributed by atoms with Crippen LogP contribution in [0.15, 0.2) is 42.7 Å². The Labute approximate surface area is 148 Å². The molecule has 1 saturated heterocycles. The van der Waals surface area contributed by atoms with Crippen LogP contribution in [-0.2, 0) is 9.53 Å². The second-order valence-corrected chi connectivity index (χ2v) is 5.63. The molecule has 134 valence electrons. The van der Waals surface area contributed by atoms with Crippen molar-refractivity contribution in [2.24, 2.45) is 0 Å². The fraction of sp³-hybridized carbons (Fsp3) is 0.368. The Bertz CT molecular complexity index is 655. The molecule has 6 nitrogen and oxygen atoms in total. The second kappa shape index (κ2) is 9.76. The number of morpholine rings is 1. The Morgan fingerprint density at radius 2 is 1.88 bits per heavy atom. The number of hydrogen-bond donors (Lipinski definition) is 1. The van der Waals surface area contributed by atoms with Gasteiger partial charge >= 0.3 is 0 Å². The number of benzene rings is 1. The molecule has 0 saturated carbocycles. The summed E-state index contributed by atoms with van der Waals surface area (Å²) >= 11 is 0. The lowest BCUT2D eigenvalue weighted by Crippen LogP contribution is -2.37. The molecule has 0 amide bonds. The van der Waals surface area contributed by atoms with Gasteiger partial charge in [0.1, 0.15) is 5.75 Å². The SMILES string of the molecule is COc1cnccc1-c1ccc(C(C)N2CCOCC2)cc1.O=CO. The molecule has 1 aliphatic rings. The third-order valence-corrected chi connectivity index (χ3v) is 4.30. The van der Waals surface area contributed by atoms with Gasteiger partial charge in [-0.2, -0.15) is 0 Å². The van der Waals surface area contributed by atoms with E-state index < -0.39 is 0 Å². The van der Waals surface area contributed by atoms with Crippen molar-refractivity contribution >= 4 is 6.47 Å². The van der Waals surface area contributed by atoms with Crippen LogP contribution in [0, 0.1) is 0 Å². The van der Waals surface area contributed by atoms with E-state index in [9.17, 15) is 0 Å². The lowest BCUT2D eigenvalue weighted by molar-refractivity contribution is -0.122. The molecule has 6 heteroatoms. The van der Waals surface area contributed by atoms with Crippen LogP contribution in [0.1, 0.15) is 18.5 Å². The highest BCUT2D eigenvalue weighted by atomic mass is 16.5. The molecule has 1 unspecified atom stereocenters. The predicted molar refractivity (Wildman–Crippen MR) is 95.7 cm³/mol. The van der Waals surface area contributed by atoms with Crippen molar-refractivity contribution in [1.29, 1.82) is 0 Å². The first-order valence-electron chi connectivity index (χ1n) is 8.19. The van der Waals surface area contributed by atoms with Crippen LogP contribution in [-0.4, -0.2) is 54.9 Å². The molecule has 3 rings (SSSR count). The number of aromatic nitrogens is 1. The number of methoxy groups -OCH3 is 1. The highest BCUT2D eigenvalue weighted by molar-refractivity contribution is 5.69. The Kier molecular flexibility index (Phi) is 7.37. The minimum atomic E-state index is -0.250. The molecule has 0 radical (unpaired) electrons. The summed E-state index contributed by atoms with van der Waals surface area (Å²) < 4.78 is 10.8. The van der Waals surface area contributed by atoms with Crippen LogP contribution < -0.4 is 4.74 Å². The molecule has 1 aromatic carbocycles. The average molecular weight is 344 g/mol. The van der Waals surface area contributed by atoms with Gasteiger partial charge in [0.2, 0.25) is 0 Å². The van der Waals surface area contributed by atoms with E-state index in [0.717, 1.165) is 43.2 Å². The molecule has 2 heterocycles. The zero-order valence-corrected chi connectivity index (χ0v) is 14.6. The zero-order valence-electron chi connectivity index (χ0n) is 14.6. The summed E-state index contributed by atoms with van der Waals surface area (Å²) in [6, 6.07) is 11.1. The van der Waals surface area contributed by atoms with Crippen molar-refractivity contribution in [3.05, 3.63) is 48.3 Å². The minimum absolute atomic E-state index is 0.250. The summed E-state index contributed by atoms with van der Waals surface area (Å²) in [7, 11) is 1.68. The van der Waals surface area contributed by atoms with E-state index in [0.29, 0.717) is 6.04 Å². The molecule has 1 aliphatic heterocycles. The summed E-state index contributed by atoms with van der Waals surface area (Å²) in [5.74, 6) is 0.802. The van der Waals surface area contributed by atoms with E-state index >= 15 is 0 Å². The first kappa shape index (κ1) is 18.9. The first-order valence-corrected chi connectivity index (χ1v) is 8.19. The van der Waals surface area contributed by atoms with Gasteiger partial charge in [0.25, 0.3) is 6.47 Å². The van der Waals surface area contributed by atoms with Crippen LogP contribution in [0.5, 0.6) is 5.75 Å². The number of carbonyl (C=O) groups is 1. The third-order valence-electron chi connectivity index (χ3n) is 4.30. The van der Waals surface area contributed by atoms with Crippen molar-refractivity contribution in [3.63, 3.8) is 0 Å². The van der Waals surface area contributed by atoms with Gasteiger partial charge in [0.15, 0.2) is 0 Å². The van der Waals surface area contributed by atoms with E-state index in [2.05, 4.69) is 41.1 Å².